The van der Waals surface area contributed by atoms with E-state index in [4.69, 9.17) is 9.84 Å². The largest absolute Gasteiger partial charge is 0.439 e. The Bertz CT molecular complexity index is 514. The summed E-state index contributed by atoms with van der Waals surface area (Å²) in [6.45, 7) is 1.51. The van der Waals surface area contributed by atoms with Gasteiger partial charge >= 0.3 is 0 Å². The highest BCUT2D eigenvalue weighted by Gasteiger charge is 2.07. The molecule has 0 aliphatic rings. The molecule has 0 saturated carbocycles. The number of ether oxygens (including phenoxy) is 1. The fourth-order valence-electron chi connectivity index (χ4n) is 1.29. The van der Waals surface area contributed by atoms with Crippen LogP contribution in [0.4, 0.5) is 4.39 Å². The molecule has 0 amide bonds. The normalized spacial score (nSPS) is 10.3. The van der Waals surface area contributed by atoms with Crippen molar-refractivity contribution in [2.24, 2.45) is 0 Å². The van der Waals surface area contributed by atoms with Crippen LogP contribution in [0.2, 0.25) is 0 Å². The Morgan fingerprint density at radius 2 is 2.00 bits per heavy atom. The van der Waals surface area contributed by atoms with Gasteiger partial charge in [-0.25, -0.2) is 9.37 Å². The lowest BCUT2D eigenvalue weighted by atomic mass is 10.3. The van der Waals surface area contributed by atoms with Gasteiger partial charge in [0.2, 0.25) is 5.88 Å². The van der Waals surface area contributed by atoms with Gasteiger partial charge in [-0.2, -0.15) is 4.98 Å². The van der Waals surface area contributed by atoms with Crippen molar-refractivity contribution in [2.45, 2.75) is 13.5 Å². The third-order valence-electron chi connectivity index (χ3n) is 2.14. The van der Waals surface area contributed by atoms with Crippen LogP contribution in [-0.4, -0.2) is 15.1 Å². The van der Waals surface area contributed by atoms with Crippen LogP contribution in [0, 0.1) is 12.7 Å². The third kappa shape index (κ3) is 2.76. The molecule has 1 aromatic heterocycles. The number of aryl methyl sites for hydroxylation is 1. The van der Waals surface area contributed by atoms with E-state index in [2.05, 4.69) is 9.97 Å². The fraction of sp³-hybridized carbons (Fsp3) is 0.167. The molecule has 17 heavy (non-hydrogen) atoms. The van der Waals surface area contributed by atoms with E-state index in [1.165, 1.54) is 30.5 Å². The van der Waals surface area contributed by atoms with Gasteiger partial charge in [-0.15, -0.1) is 0 Å². The molecule has 2 aromatic rings. The van der Waals surface area contributed by atoms with Gasteiger partial charge in [0.25, 0.3) is 0 Å². The Morgan fingerprint density at radius 3 is 2.65 bits per heavy atom. The fourth-order valence-corrected chi connectivity index (χ4v) is 1.29. The maximum absolute atomic E-state index is 12.7. The van der Waals surface area contributed by atoms with Crippen molar-refractivity contribution < 1.29 is 14.2 Å². The van der Waals surface area contributed by atoms with Crippen molar-refractivity contribution >= 4 is 0 Å². The smallest absolute Gasteiger partial charge is 0.228 e. The lowest BCUT2D eigenvalue weighted by molar-refractivity contribution is 0.274. The molecule has 5 heteroatoms. The molecule has 0 radical (unpaired) electrons. The Labute approximate surface area is 97.7 Å². The molecule has 0 fully saturated rings. The molecule has 0 aliphatic carbocycles. The number of nitrogens with zero attached hydrogens (tertiary/aromatic N) is 2. The first-order chi connectivity index (χ1) is 8.19. The summed E-state index contributed by atoms with van der Waals surface area (Å²) in [6, 6.07) is 5.58. The second-order valence-electron chi connectivity index (χ2n) is 3.46. The second kappa shape index (κ2) is 4.88. The summed E-state index contributed by atoms with van der Waals surface area (Å²) in [5.41, 5.74) is 0.486. The molecule has 0 unspecified atom stereocenters. The Kier molecular flexibility index (Phi) is 3.30. The van der Waals surface area contributed by atoms with Gasteiger partial charge in [0.05, 0.1) is 12.2 Å². The van der Waals surface area contributed by atoms with Crippen LogP contribution >= 0.6 is 0 Å². The van der Waals surface area contributed by atoms with Crippen molar-refractivity contribution in [3.63, 3.8) is 0 Å². The highest BCUT2D eigenvalue weighted by Crippen LogP contribution is 2.22. The molecule has 88 valence electrons. The van der Waals surface area contributed by atoms with Crippen molar-refractivity contribution in [3.05, 3.63) is 47.7 Å². The summed E-state index contributed by atoms with van der Waals surface area (Å²) in [6.07, 6.45) is 1.50. The summed E-state index contributed by atoms with van der Waals surface area (Å²) in [7, 11) is 0. The van der Waals surface area contributed by atoms with Crippen molar-refractivity contribution in [1.82, 2.24) is 9.97 Å². The number of aliphatic hydroxyl groups is 1. The average Bonchev–Trinajstić information content (AvgIpc) is 2.32. The number of hydrogen-bond donors (Lipinski definition) is 1. The van der Waals surface area contributed by atoms with E-state index in [0.29, 0.717) is 17.1 Å². The summed E-state index contributed by atoms with van der Waals surface area (Å²) in [5.74, 6) is 0.948. The zero-order chi connectivity index (χ0) is 12.3. The first-order valence-electron chi connectivity index (χ1n) is 5.06. The van der Waals surface area contributed by atoms with E-state index in [0.717, 1.165) is 0 Å². The van der Waals surface area contributed by atoms with Crippen LogP contribution in [0.5, 0.6) is 11.6 Å². The van der Waals surface area contributed by atoms with E-state index in [1.807, 2.05) is 0 Å². The molecule has 1 heterocycles. The van der Waals surface area contributed by atoms with Gasteiger partial charge in [-0.3, -0.25) is 0 Å². The highest BCUT2D eigenvalue weighted by molar-refractivity contribution is 5.31. The summed E-state index contributed by atoms with van der Waals surface area (Å²) in [4.78, 5) is 8.03. The monoisotopic (exact) mass is 234 g/mol. The van der Waals surface area contributed by atoms with Gasteiger partial charge in [-0.1, -0.05) is 0 Å². The number of benzene rings is 1. The molecule has 0 atom stereocenters. The second-order valence-corrected chi connectivity index (χ2v) is 3.46. The van der Waals surface area contributed by atoms with E-state index < -0.39 is 0 Å². The third-order valence-corrected chi connectivity index (χ3v) is 2.14. The van der Waals surface area contributed by atoms with Crippen LogP contribution in [-0.2, 0) is 6.61 Å². The standard InChI is InChI=1S/C12H11FN2O2/c1-8-14-6-9(7-16)12(15-8)17-11-4-2-10(13)3-5-11/h2-6,16H,7H2,1H3. The van der Waals surface area contributed by atoms with Crippen LogP contribution in [0.25, 0.3) is 0 Å². The predicted molar refractivity (Wildman–Crippen MR) is 59.2 cm³/mol. The molecule has 2 rings (SSSR count). The Hall–Kier alpha value is -2.01. The van der Waals surface area contributed by atoms with Crippen molar-refractivity contribution in [2.75, 3.05) is 0 Å². The lowest BCUT2D eigenvalue weighted by Gasteiger charge is -2.08. The van der Waals surface area contributed by atoms with Gasteiger partial charge in [0.1, 0.15) is 17.4 Å². The van der Waals surface area contributed by atoms with Gasteiger partial charge < -0.3 is 9.84 Å². The van der Waals surface area contributed by atoms with E-state index in [9.17, 15) is 4.39 Å². The van der Waals surface area contributed by atoms with Gasteiger partial charge in [-0.05, 0) is 31.2 Å². The first kappa shape index (κ1) is 11.5. The lowest BCUT2D eigenvalue weighted by Crippen LogP contribution is -1.98. The maximum Gasteiger partial charge on any atom is 0.228 e. The van der Waals surface area contributed by atoms with Crippen LogP contribution < -0.4 is 4.74 Å². The Balaban J connectivity index is 2.28. The molecule has 0 aliphatic heterocycles. The molecular formula is C12H11FN2O2. The van der Waals surface area contributed by atoms with Crippen LogP contribution in [0.3, 0.4) is 0 Å². The van der Waals surface area contributed by atoms with E-state index >= 15 is 0 Å². The number of halogens is 1. The summed E-state index contributed by atoms with van der Waals surface area (Å²) in [5, 5.41) is 9.11. The molecule has 0 saturated heterocycles. The van der Waals surface area contributed by atoms with E-state index in [-0.39, 0.29) is 18.3 Å². The number of aromatic nitrogens is 2. The average molecular weight is 234 g/mol. The number of aliphatic hydroxyl groups excluding tert-OH is 1. The minimum atomic E-state index is -0.335. The molecule has 0 spiro atoms. The van der Waals surface area contributed by atoms with Crippen LogP contribution in [0.1, 0.15) is 11.4 Å². The highest BCUT2D eigenvalue weighted by atomic mass is 19.1. The van der Waals surface area contributed by atoms with E-state index in [1.54, 1.807) is 6.92 Å². The first-order valence-corrected chi connectivity index (χ1v) is 5.06. The topological polar surface area (TPSA) is 55.2 Å². The zero-order valence-electron chi connectivity index (χ0n) is 9.22. The maximum atomic E-state index is 12.7. The number of hydrogen-bond acceptors (Lipinski definition) is 4. The molecule has 1 N–H and O–H groups in total. The van der Waals surface area contributed by atoms with Gasteiger partial charge in [0, 0.05) is 6.20 Å². The minimum Gasteiger partial charge on any atom is -0.439 e. The van der Waals surface area contributed by atoms with Gasteiger partial charge in [0.15, 0.2) is 0 Å². The quantitative estimate of drug-likeness (QED) is 0.884. The number of rotatable bonds is 3. The summed E-state index contributed by atoms with van der Waals surface area (Å²) >= 11 is 0. The molecule has 4 nitrogen and oxygen atoms in total. The van der Waals surface area contributed by atoms with Crippen molar-refractivity contribution in [3.8, 4) is 11.6 Å². The van der Waals surface area contributed by atoms with Crippen LogP contribution in [0.15, 0.2) is 30.5 Å². The molecular weight excluding hydrogens is 223 g/mol. The van der Waals surface area contributed by atoms with Crippen molar-refractivity contribution in [1.29, 1.82) is 0 Å². The molecule has 1 aromatic carbocycles. The SMILES string of the molecule is Cc1ncc(CO)c(Oc2ccc(F)cc2)n1. The molecule has 0 bridgehead atoms. The predicted octanol–water partition coefficient (Wildman–Crippen LogP) is 2.21. The minimum absolute atomic E-state index is 0.211. The zero-order valence-corrected chi connectivity index (χ0v) is 9.22. The Morgan fingerprint density at radius 1 is 1.29 bits per heavy atom. The summed E-state index contributed by atoms with van der Waals surface area (Å²) < 4.78 is 18.2.